The van der Waals surface area contributed by atoms with E-state index < -0.39 is 0 Å². The van der Waals surface area contributed by atoms with Crippen molar-refractivity contribution < 1.29 is 9.13 Å². The van der Waals surface area contributed by atoms with E-state index in [1.54, 1.807) is 34.1 Å². The number of likely N-dealkylation sites (N-methyl/N-ethyl adjacent to an activating group) is 1. The molecule has 0 amide bonds. The molecule has 8 heteroatoms. The Bertz CT molecular complexity index is 1020. The standard InChI is InChI=1S/C18H16FN5OS/c1-23(9-10-25-15-5-3-2-4-14(15)19)17-7-6-16-20-21-18(24(16)22-17)13-8-11-26-12-13/h2-8,11-12H,9-10H2,1H3. The van der Waals surface area contributed by atoms with Gasteiger partial charge < -0.3 is 9.64 Å². The minimum Gasteiger partial charge on any atom is -0.489 e. The third-order valence-corrected chi connectivity index (χ3v) is 4.62. The van der Waals surface area contributed by atoms with Crippen LogP contribution in [-0.4, -0.2) is 40.0 Å². The quantitative estimate of drug-likeness (QED) is 0.521. The number of para-hydroxylation sites is 1. The minimum absolute atomic E-state index is 0.253. The molecule has 1 aromatic carbocycles. The van der Waals surface area contributed by atoms with Gasteiger partial charge in [0.05, 0.1) is 6.54 Å². The fraction of sp³-hybridized carbons (Fsp3) is 0.167. The third kappa shape index (κ3) is 3.23. The van der Waals surface area contributed by atoms with E-state index in [0.717, 1.165) is 11.4 Å². The Kier molecular flexibility index (Phi) is 4.49. The van der Waals surface area contributed by atoms with Gasteiger partial charge in [0.2, 0.25) is 0 Å². The second-order valence-electron chi connectivity index (χ2n) is 5.70. The molecule has 0 saturated carbocycles. The average molecular weight is 369 g/mol. The maximum atomic E-state index is 13.6. The first-order valence-corrected chi connectivity index (χ1v) is 9.00. The molecule has 3 aromatic heterocycles. The fourth-order valence-electron chi connectivity index (χ4n) is 2.52. The number of halogens is 1. The number of thiophene rings is 1. The summed E-state index contributed by atoms with van der Waals surface area (Å²) in [7, 11) is 1.91. The van der Waals surface area contributed by atoms with Gasteiger partial charge in [-0.05, 0) is 35.7 Å². The molecule has 0 radical (unpaired) electrons. The van der Waals surface area contributed by atoms with E-state index >= 15 is 0 Å². The molecular formula is C18H16FN5OS. The molecule has 0 bridgehead atoms. The zero-order valence-electron chi connectivity index (χ0n) is 14.0. The van der Waals surface area contributed by atoms with Crippen molar-refractivity contribution in [2.45, 2.75) is 0 Å². The van der Waals surface area contributed by atoms with Crippen LogP contribution in [0, 0.1) is 5.82 Å². The van der Waals surface area contributed by atoms with Crippen LogP contribution in [0.2, 0.25) is 0 Å². The second-order valence-corrected chi connectivity index (χ2v) is 6.48. The van der Waals surface area contributed by atoms with Crippen molar-refractivity contribution in [3.05, 3.63) is 59.0 Å². The number of ether oxygens (including phenoxy) is 1. The highest BCUT2D eigenvalue weighted by Crippen LogP contribution is 2.21. The van der Waals surface area contributed by atoms with E-state index in [0.29, 0.717) is 24.6 Å². The predicted octanol–water partition coefficient (Wildman–Crippen LogP) is 3.51. The van der Waals surface area contributed by atoms with Crippen LogP contribution in [0.3, 0.4) is 0 Å². The van der Waals surface area contributed by atoms with Gasteiger partial charge in [0.1, 0.15) is 12.4 Å². The van der Waals surface area contributed by atoms with Crippen molar-refractivity contribution in [2.24, 2.45) is 0 Å². The highest BCUT2D eigenvalue weighted by Gasteiger charge is 2.12. The monoisotopic (exact) mass is 369 g/mol. The summed E-state index contributed by atoms with van der Waals surface area (Å²) in [6, 6.07) is 12.1. The Hall–Kier alpha value is -3.00. The lowest BCUT2D eigenvalue weighted by atomic mass is 10.3. The maximum absolute atomic E-state index is 13.6. The molecule has 0 aliphatic carbocycles. The number of anilines is 1. The van der Waals surface area contributed by atoms with Crippen LogP contribution in [0.1, 0.15) is 0 Å². The van der Waals surface area contributed by atoms with Gasteiger partial charge in [-0.3, -0.25) is 0 Å². The lowest BCUT2D eigenvalue weighted by Gasteiger charge is -2.18. The van der Waals surface area contributed by atoms with Gasteiger partial charge in [-0.1, -0.05) is 12.1 Å². The average Bonchev–Trinajstić information content (AvgIpc) is 3.31. The van der Waals surface area contributed by atoms with E-state index in [1.807, 2.05) is 40.9 Å². The van der Waals surface area contributed by atoms with Crippen molar-refractivity contribution in [1.29, 1.82) is 0 Å². The lowest BCUT2D eigenvalue weighted by molar-refractivity contribution is 0.309. The molecule has 0 aliphatic rings. The Morgan fingerprint density at radius 1 is 1.15 bits per heavy atom. The van der Waals surface area contributed by atoms with Crippen molar-refractivity contribution >= 4 is 22.8 Å². The molecule has 26 heavy (non-hydrogen) atoms. The van der Waals surface area contributed by atoms with Gasteiger partial charge in [-0.25, -0.2) is 4.39 Å². The summed E-state index contributed by atoms with van der Waals surface area (Å²) in [5, 5.41) is 17.0. The fourth-order valence-corrected chi connectivity index (χ4v) is 3.16. The number of fused-ring (bicyclic) bond motifs is 1. The topological polar surface area (TPSA) is 55.5 Å². The molecule has 0 N–H and O–H groups in total. The summed E-state index contributed by atoms with van der Waals surface area (Å²) >= 11 is 1.60. The number of benzene rings is 1. The van der Waals surface area contributed by atoms with Crippen molar-refractivity contribution in [2.75, 3.05) is 25.1 Å². The van der Waals surface area contributed by atoms with Crippen LogP contribution in [0.5, 0.6) is 5.75 Å². The van der Waals surface area contributed by atoms with Crippen LogP contribution in [0.15, 0.2) is 53.2 Å². The molecule has 4 aromatic rings. The van der Waals surface area contributed by atoms with Crippen molar-refractivity contribution in [1.82, 2.24) is 19.8 Å². The number of hydrogen-bond donors (Lipinski definition) is 0. The SMILES string of the molecule is CN(CCOc1ccccc1F)c1ccc2nnc(-c3ccsc3)n2n1. The summed E-state index contributed by atoms with van der Waals surface area (Å²) in [6.45, 7) is 0.902. The zero-order valence-corrected chi connectivity index (χ0v) is 14.9. The molecule has 4 rings (SSSR count). The Labute approximate surface area is 153 Å². The summed E-state index contributed by atoms with van der Waals surface area (Å²) < 4.78 is 20.8. The number of rotatable bonds is 6. The zero-order chi connectivity index (χ0) is 17.9. The Morgan fingerprint density at radius 2 is 2.04 bits per heavy atom. The summed E-state index contributed by atoms with van der Waals surface area (Å²) in [5.41, 5.74) is 1.67. The predicted molar refractivity (Wildman–Crippen MR) is 99.3 cm³/mol. The molecule has 132 valence electrons. The van der Waals surface area contributed by atoms with Crippen LogP contribution < -0.4 is 9.64 Å². The number of aromatic nitrogens is 4. The molecule has 6 nitrogen and oxygen atoms in total. The highest BCUT2D eigenvalue weighted by molar-refractivity contribution is 7.08. The van der Waals surface area contributed by atoms with Gasteiger partial charge in [0, 0.05) is 18.0 Å². The third-order valence-electron chi connectivity index (χ3n) is 3.94. The summed E-state index contributed by atoms with van der Waals surface area (Å²) in [5.74, 6) is 1.35. The highest BCUT2D eigenvalue weighted by atomic mass is 32.1. The molecule has 3 heterocycles. The maximum Gasteiger partial charge on any atom is 0.186 e. The Morgan fingerprint density at radius 3 is 2.85 bits per heavy atom. The van der Waals surface area contributed by atoms with Crippen LogP contribution >= 0.6 is 11.3 Å². The molecule has 0 fully saturated rings. The molecule has 0 atom stereocenters. The van der Waals surface area contributed by atoms with E-state index in [-0.39, 0.29) is 11.6 Å². The summed E-state index contributed by atoms with van der Waals surface area (Å²) in [4.78, 5) is 1.94. The van der Waals surface area contributed by atoms with Gasteiger partial charge >= 0.3 is 0 Å². The van der Waals surface area contributed by atoms with Gasteiger partial charge in [0.25, 0.3) is 0 Å². The number of hydrogen-bond acceptors (Lipinski definition) is 6. The molecule has 0 aliphatic heterocycles. The minimum atomic E-state index is -0.361. The molecular weight excluding hydrogens is 353 g/mol. The van der Waals surface area contributed by atoms with E-state index in [4.69, 9.17) is 4.74 Å². The first-order valence-electron chi connectivity index (χ1n) is 8.06. The smallest absolute Gasteiger partial charge is 0.186 e. The largest absolute Gasteiger partial charge is 0.489 e. The van der Waals surface area contributed by atoms with Gasteiger partial charge in [0.15, 0.2) is 23.0 Å². The first kappa shape index (κ1) is 16.5. The molecule has 0 saturated heterocycles. The lowest BCUT2D eigenvalue weighted by Crippen LogP contribution is -2.25. The van der Waals surface area contributed by atoms with E-state index in [1.165, 1.54) is 6.07 Å². The Balaban J connectivity index is 1.49. The van der Waals surface area contributed by atoms with E-state index in [9.17, 15) is 4.39 Å². The normalized spacial score (nSPS) is 11.0. The van der Waals surface area contributed by atoms with Crippen molar-refractivity contribution in [3.8, 4) is 17.1 Å². The first-order chi connectivity index (χ1) is 12.7. The van der Waals surface area contributed by atoms with Crippen LogP contribution in [0.25, 0.3) is 17.0 Å². The van der Waals surface area contributed by atoms with Crippen molar-refractivity contribution in [3.63, 3.8) is 0 Å². The number of nitrogens with zero attached hydrogens (tertiary/aromatic N) is 5. The van der Waals surface area contributed by atoms with Gasteiger partial charge in [-0.15, -0.1) is 15.3 Å². The van der Waals surface area contributed by atoms with E-state index in [2.05, 4.69) is 15.3 Å². The summed E-state index contributed by atoms with van der Waals surface area (Å²) in [6.07, 6.45) is 0. The van der Waals surface area contributed by atoms with Crippen LogP contribution in [0.4, 0.5) is 10.2 Å². The molecule has 0 spiro atoms. The van der Waals surface area contributed by atoms with Crippen LogP contribution in [-0.2, 0) is 0 Å². The second kappa shape index (κ2) is 7.09. The van der Waals surface area contributed by atoms with Gasteiger partial charge in [-0.2, -0.15) is 15.9 Å². The molecule has 0 unspecified atom stereocenters.